The zero-order valence-corrected chi connectivity index (χ0v) is 12.0. The van der Waals surface area contributed by atoms with Crippen LogP contribution in [0.15, 0.2) is 0 Å². The molecule has 2 fully saturated rings. The molecule has 0 aromatic carbocycles. The Morgan fingerprint density at radius 1 is 1.30 bits per heavy atom. The van der Waals surface area contributed by atoms with Crippen LogP contribution in [-0.4, -0.2) is 67.6 Å². The molecule has 0 aliphatic carbocycles. The van der Waals surface area contributed by atoms with Gasteiger partial charge in [-0.2, -0.15) is 0 Å². The molecular weight excluding hydrogens is 286 g/mol. The molecule has 2 aliphatic rings. The van der Waals surface area contributed by atoms with Gasteiger partial charge in [0, 0.05) is 12.6 Å². The predicted octanol–water partition coefficient (Wildman–Crippen LogP) is -0.487. The van der Waals surface area contributed by atoms with Crippen LogP contribution in [0.25, 0.3) is 0 Å². The molecule has 0 saturated carbocycles. The van der Waals surface area contributed by atoms with Crippen LogP contribution >= 0.6 is 0 Å². The second-order valence-corrected chi connectivity index (χ2v) is 7.56. The SMILES string of the molecule is O=C(O)CN(C(=O)C1CCCOC1)C1CCS(=O)(=O)C1. The fourth-order valence-electron chi connectivity index (χ4n) is 2.72. The molecule has 0 radical (unpaired) electrons. The molecule has 2 aliphatic heterocycles. The van der Waals surface area contributed by atoms with Crippen molar-refractivity contribution < 1.29 is 27.9 Å². The van der Waals surface area contributed by atoms with E-state index < -0.39 is 28.4 Å². The van der Waals surface area contributed by atoms with Gasteiger partial charge in [0.1, 0.15) is 6.54 Å². The Morgan fingerprint density at radius 2 is 2.05 bits per heavy atom. The molecule has 2 rings (SSSR count). The van der Waals surface area contributed by atoms with Crippen molar-refractivity contribution in [3.8, 4) is 0 Å². The van der Waals surface area contributed by atoms with E-state index in [0.29, 0.717) is 19.4 Å². The molecule has 0 bridgehead atoms. The van der Waals surface area contributed by atoms with E-state index in [9.17, 15) is 18.0 Å². The van der Waals surface area contributed by atoms with Gasteiger partial charge >= 0.3 is 5.97 Å². The summed E-state index contributed by atoms with van der Waals surface area (Å²) in [6, 6.07) is -0.523. The number of ether oxygens (including phenoxy) is 1. The first-order chi connectivity index (χ1) is 9.39. The second kappa shape index (κ2) is 6.09. The van der Waals surface area contributed by atoms with E-state index in [4.69, 9.17) is 9.84 Å². The molecule has 0 aromatic rings. The van der Waals surface area contributed by atoms with Gasteiger partial charge < -0.3 is 14.7 Å². The summed E-state index contributed by atoms with van der Waals surface area (Å²) >= 11 is 0. The normalized spacial score (nSPS) is 29.0. The van der Waals surface area contributed by atoms with Crippen LogP contribution < -0.4 is 0 Å². The monoisotopic (exact) mass is 305 g/mol. The smallest absolute Gasteiger partial charge is 0.323 e. The summed E-state index contributed by atoms with van der Waals surface area (Å²) in [6.07, 6.45) is 1.74. The average Bonchev–Trinajstić information content (AvgIpc) is 2.76. The summed E-state index contributed by atoms with van der Waals surface area (Å²) in [6.45, 7) is 0.449. The van der Waals surface area contributed by atoms with Crippen molar-refractivity contribution >= 4 is 21.7 Å². The van der Waals surface area contributed by atoms with Crippen LogP contribution in [0.4, 0.5) is 0 Å². The van der Waals surface area contributed by atoms with Crippen molar-refractivity contribution in [2.45, 2.75) is 25.3 Å². The van der Waals surface area contributed by atoms with Gasteiger partial charge in [0.15, 0.2) is 9.84 Å². The lowest BCUT2D eigenvalue weighted by atomic mass is 9.99. The summed E-state index contributed by atoms with van der Waals surface area (Å²) in [7, 11) is -3.16. The van der Waals surface area contributed by atoms with Gasteiger partial charge in [-0.05, 0) is 19.3 Å². The molecule has 114 valence electrons. The largest absolute Gasteiger partial charge is 0.480 e. The third kappa shape index (κ3) is 3.69. The van der Waals surface area contributed by atoms with E-state index in [1.807, 2.05) is 0 Å². The predicted molar refractivity (Wildman–Crippen MR) is 70.0 cm³/mol. The number of hydrogen-bond acceptors (Lipinski definition) is 5. The zero-order valence-electron chi connectivity index (χ0n) is 11.2. The van der Waals surface area contributed by atoms with Gasteiger partial charge in [-0.3, -0.25) is 9.59 Å². The lowest BCUT2D eigenvalue weighted by Crippen LogP contribution is -2.48. The fourth-order valence-corrected chi connectivity index (χ4v) is 4.45. The van der Waals surface area contributed by atoms with Gasteiger partial charge in [-0.15, -0.1) is 0 Å². The van der Waals surface area contributed by atoms with Crippen LogP contribution in [0, 0.1) is 5.92 Å². The average molecular weight is 305 g/mol. The minimum atomic E-state index is -3.16. The number of carboxylic acids is 1. The highest BCUT2D eigenvalue weighted by Gasteiger charge is 2.38. The second-order valence-electron chi connectivity index (χ2n) is 5.33. The number of carbonyl (C=O) groups excluding carboxylic acids is 1. The van der Waals surface area contributed by atoms with E-state index in [2.05, 4.69) is 0 Å². The van der Waals surface area contributed by atoms with Gasteiger partial charge in [-0.25, -0.2) is 8.42 Å². The van der Waals surface area contributed by atoms with E-state index in [1.54, 1.807) is 0 Å². The van der Waals surface area contributed by atoms with Crippen molar-refractivity contribution in [2.24, 2.45) is 5.92 Å². The Hall–Kier alpha value is -1.15. The third-order valence-electron chi connectivity index (χ3n) is 3.75. The molecule has 20 heavy (non-hydrogen) atoms. The maximum atomic E-state index is 12.4. The molecule has 1 N–H and O–H groups in total. The maximum Gasteiger partial charge on any atom is 0.323 e. The summed E-state index contributed by atoms with van der Waals surface area (Å²) < 4.78 is 28.3. The third-order valence-corrected chi connectivity index (χ3v) is 5.50. The van der Waals surface area contributed by atoms with Crippen molar-refractivity contribution in [3.05, 3.63) is 0 Å². The highest BCUT2D eigenvalue weighted by Crippen LogP contribution is 2.23. The van der Waals surface area contributed by atoms with Crippen molar-refractivity contribution in [1.29, 1.82) is 0 Å². The fraction of sp³-hybridized carbons (Fsp3) is 0.833. The van der Waals surface area contributed by atoms with Crippen LogP contribution in [0.2, 0.25) is 0 Å². The van der Waals surface area contributed by atoms with Gasteiger partial charge in [0.25, 0.3) is 0 Å². The number of aliphatic carboxylic acids is 1. The van der Waals surface area contributed by atoms with E-state index in [1.165, 1.54) is 4.90 Å². The minimum Gasteiger partial charge on any atom is -0.480 e. The summed E-state index contributed by atoms with van der Waals surface area (Å²) in [5.41, 5.74) is 0. The number of nitrogens with zero attached hydrogens (tertiary/aromatic N) is 1. The van der Waals surface area contributed by atoms with E-state index in [0.717, 1.165) is 6.42 Å². The highest BCUT2D eigenvalue weighted by molar-refractivity contribution is 7.91. The van der Waals surface area contributed by atoms with Crippen molar-refractivity contribution in [1.82, 2.24) is 4.90 Å². The minimum absolute atomic E-state index is 0.0161. The number of carboxylic acid groups (broad SMARTS) is 1. The quantitative estimate of drug-likeness (QED) is 0.752. The first-order valence-corrected chi connectivity index (χ1v) is 8.51. The topological polar surface area (TPSA) is 101 Å². The molecular formula is C12H19NO6S. The summed E-state index contributed by atoms with van der Waals surface area (Å²) in [5, 5.41) is 8.95. The lowest BCUT2D eigenvalue weighted by molar-refractivity contribution is -0.150. The molecule has 2 unspecified atom stereocenters. The van der Waals surface area contributed by atoms with Gasteiger partial charge in [0.05, 0.1) is 24.0 Å². The molecule has 1 amide bonds. The van der Waals surface area contributed by atoms with Crippen molar-refractivity contribution in [2.75, 3.05) is 31.3 Å². The Balaban J connectivity index is 2.10. The molecule has 2 heterocycles. The number of carbonyl (C=O) groups is 2. The number of hydrogen-bond donors (Lipinski definition) is 1. The number of sulfone groups is 1. The van der Waals surface area contributed by atoms with Crippen LogP contribution in [-0.2, 0) is 24.2 Å². The molecule has 0 spiro atoms. The number of amides is 1. The Morgan fingerprint density at radius 3 is 2.55 bits per heavy atom. The van der Waals surface area contributed by atoms with E-state index >= 15 is 0 Å². The van der Waals surface area contributed by atoms with Crippen LogP contribution in [0.5, 0.6) is 0 Å². The maximum absolute atomic E-state index is 12.4. The highest BCUT2D eigenvalue weighted by atomic mass is 32.2. The standard InChI is InChI=1S/C12H19NO6S/c14-11(15)6-13(10-3-5-20(17,18)8-10)12(16)9-2-1-4-19-7-9/h9-10H,1-8H2,(H,14,15). The first kappa shape index (κ1) is 15.2. The van der Waals surface area contributed by atoms with Gasteiger partial charge in [-0.1, -0.05) is 0 Å². The lowest BCUT2D eigenvalue weighted by Gasteiger charge is -2.31. The molecule has 0 aromatic heterocycles. The Labute approximate surface area is 117 Å². The molecule has 2 atom stereocenters. The summed E-state index contributed by atoms with van der Waals surface area (Å²) in [5.74, 6) is -1.90. The van der Waals surface area contributed by atoms with Crippen LogP contribution in [0.3, 0.4) is 0 Å². The first-order valence-electron chi connectivity index (χ1n) is 6.69. The Kier molecular flexibility index (Phi) is 4.64. The zero-order chi connectivity index (χ0) is 14.8. The van der Waals surface area contributed by atoms with Gasteiger partial charge in [0.2, 0.25) is 5.91 Å². The summed E-state index contributed by atoms with van der Waals surface area (Å²) in [4.78, 5) is 24.6. The number of rotatable bonds is 4. The van der Waals surface area contributed by atoms with Crippen molar-refractivity contribution in [3.63, 3.8) is 0 Å². The Bertz CT molecular complexity index is 482. The molecule has 7 nitrogen and oxygen atoms in total. The molecule has 8 heteroatoms. The van der Waals surface area contributed by atoms with E-state index in [-0.39, 0.29) is 29.9 Å². The van der Waals surface area contributed by atoms with Crippen LogP contribution in [0.1, 0.15) is 19.3 Å². The molecule has 2 saturated heterocycles.